The van der Waals surface area contributed by atoms with Crippen molar-refractivity contribution in [1.82, 2.24) is 0 Å². The topological polar surface area (TPSA) is 35.5 Å². The Bertz CT molecular complexity index is 1080. The molecule has 0 aliphatic carbocycles. The second-order valence-electron chi connectivity index (χ2n) is 6.95. The highest BCUT2D eigenvalue weighted by Gasteiger charge is 2.23. The normalized spacial score (nSPS) is 10.7. The number of hydrogen-bond acceptors (Lipinski definition) is 3. The molecule has 0 amide bonds. The molecular weight excluding hydrogens is 407 g/mol. The van der Waals surface area contributed by atoms with E-state index < -0.39 is 5.97 Å². The summed E-state index contributed by atoms with van der Waals surface area (Å²) < 4.78 is 11.4. The number of ether oxygens (including phenoxy) is 2. The smallest absolute Gasteiger partial charge is 0.346 e. The Morgan fingerprint density at radius 3 is 1.76 bits per heavy atom. The second-order valence-corrected chi connectivity index (χ2v) is 7.77. The van der Waals surface area contributed by atoms with E-state index in [1.54, 1.807) is 31.4 Å². The van der Waals surface area contributed by atoms with Gasteiger partial charge in [-0.25, -0.2) is 4.79 Å². The summed E-state index contributed by atoms with van der Waals surface area (Å²) in [6.45, 7) is 8.10. The first-order valence-electron chi connectivity index (χ1n) is 9.17. The Morgan fingerprint density at radius 1 is 0.759 bits per heavy atom. The molecule has 29 heavy (non-hydrogen) atoms. The van der Waals surface area contributed by atoms with Gasteiger partial charge in [0, 0.05) is 11.1 Å². The highest BCUT2D eigenvalue weighted by molar-refractivity contribution is 6.39. The lowest BCUT2D eigenvalue weighted by Gasteiger charge is -2.20. The van der Waals surface area contributed by atoms with Gasteiger partial charge in [0.25, 0.3) is 0 Å². The molecule has 0 aliphatic rings. The summed E-state index contributed by atoms with van der Waals surface area (Å²) >= 11 is 12.4. The molecule has 0 heterocycles. The van der Waals surface area contributed by atoms with Crippen molar-refractivity contribution in [3.05, 3.63) is 80.3 Å². The number of esters is 1. The third-order valence-electron chi connectivity index (χ3n) is 5.23. The number of benzene rings is 3. The fraction of sp³-hybridized carbons (Fsp3) is 0.208. The molecule has 0 saturated heterocycles. The Morgan fingerprint density at radius 2 is 1.24 bits per heavy atom. The summed E-state index contributed by atoms with van der Waals surface area (Å²) in [6, 6.07) is 12.6. The molecule has 0 N–H and O–H groups in total. The first-order valence-corrected chi connectivity index (χ1v) is 9.92. The maximum atomic E-state index is 12.9. The van der Waals surface area contributed by atoms with Crippen LogP contribution in [0.15, 0.2) is 42.5 Å². The lowest BCUT2D eigenvalue weighted by molar-refractivity contribution is 0.0736. The van der Waals surface area contributed by atoms with E-state index in [9.17, 15) is 4.79 Å². The monoisotopic (exact) mass is 428 g/mol. The van der Waals surface area contributed by atoms with Crippen molar-refractivity contribution < 1.29 is 14.3 Å². The van der Waals surface area contributed by atoms with E-state index in [4.69, 9.17) is 32.7 Å². The van der Waals surface area contributed by atoms with E-state index in [0.717, 1.165) is 39.1 Å². The van der Waals surface area contributed by atoms with Crippen LogP contribution in [0.25, 0.3) is 11.1 Å². The molecule has 0 aliphatic heterocycles. The largest absolute Gasteiger partial charge is 0.496 e. The number of aryl methyl sites for hydroxylation is 2. The zero-order valence-corrected chi connectivity index (χ0v) is 18.5. The van der Waals surface area contributed by atoms with E-state index in [0.29, 0.717) is 5.75 Å². The van der Waals surface area contributed by atoms with Gasteiger partial charge in [0.05, 0.1) is 22.7 Å². The van der Waals surface area contributed by atoms with Crippen molar-refractivity contribution in [1.29, 1.82) is 0 Å². The predicted molar refractivity (Wildman–Crippen MR) is 119 cm³/mol. The first-order chi connectivity index (χ1) is 13.8. The zero-order chi connectivity index (χ0) is 21.3. The molecule has 3 aromatic rings. The average molecular weight is 429 g/mol. The van der Waals surface area contributed by atoms with Crippen LogP contribution < -0.4 is 9.47 Å². The lowest BCUT2D eigenvalue weighted by atomic mass is 9.90. The standard InChI is InChI=1S/C24H22Cl2O3/c1-13-9-11-19(28-5)21(15(13)3)22-16(4)14(2)10-12-20(22)29-24(27)23-17(25)7-6-8-18(23)26/h6-12H,1-5H3. The van der Waals surface area contributed by atoms with Crippen LogP contribution in [-0.4, -0.2) is 13.1 Å². The van der Waals surface area contributed by atoms with Gasteiger partial charge in [-0.2, -0.15) is 0 Å². The van der Waals surface area contributed by atoms with Crippen LogP contribution in [0.2, 0.25) is 10.0 Å². The number of carbonyl (C=O) groups is 1. The third-order valence-corrected chi connectivity index (χ3v) is 5.86. The van der Waals surface area contributed by atoms with Crippen LogP contribution in [0.3, 0.4) is 0 Å². The van der Waals surface area contributed by atoms with Crippen molar-refractivity contribution in [3.63, 3.8) is 0 Å². The Labute approximate surface area is 181 Å². The van der Waals surface area contributed by atoms with Crippen molar-refractivity contribution in [3.8, 4) is 22.6 Å². The summed E-state index contributed by atoms with van der Waals surface area (Å²) in [4.78, 5) is 12.9. The molecule has 3 aromatic carbocycles. The summed E-state index contributed by atoms with van der Waals surface area (Å²) in [5.74, 6) is 0.547. The molecule has 0 unspecified atom stereocenters. The lowest BCUT2D eigenvalue weighted by Crippen LogP contribution is -2.11. The molecule has 3 rings (SSSR count). The number of halogens is 2. The highest BCUT2D eigenvalue weighted by Crippen LogP contribution is 2.43. The molecule has 0 saturated carbocycles. The quantitative estimate of drug-likeness (QED) is 0.327. The van der Waals surface area contributed by atoms with Gasteiger partial charge < -0.3 is 9.47 Å². The van der Waals surface area contributed by atoms with Gasteiger partial charge in [-0.15, -0.1) is 0 Å². The molecule has 0 fully saturated rings. The van der Waals surface area contributed by atoms with Crippen LogP contribution in [-0.2, 0) is 0 Å². The summed E-state index contributed by atoms with van der Waals surface area (Å²) in [5.41, 5.74) is 6.14. The molecule has 0 spiro atoms. The molecule has 0 radical (unpaired) electrons. The van der Waals surface area contributed by atoms with Gasteiger partial charge in [-0.3, -0.25) is 0 Å². The highest BCUT2D eigenvalue weighted by atomic mass is 35.5. The fourth-order valence-corrected chi connectivity index (χ4v) is 3.85. The van der Waals surface area contributed by atoms with Gasteiger partial charge in [0.15, 0.2) is 0 Å². The molecular formula is C24H22Cl2O3. The van der Waals surface area contributed by atoms with Crippen molar-refractivity contribution in [2.75, 3.05) is 7.11 Å². The first kappa shape index (κ1) is 21.2. The SMILES string of the molecule is COc1ccc(C)c(C)c1-c1c(OC(=O)c2c(Cl)cccc2Cl)ccc(C)c1C. The summed E-state index contributed by atoms with van der Waals surface area (Å²) in [6.07, 6.45) is 0. The minimum Gasteiger partial charge on any atom is -0.496 e. The Balaban J connectivity index is 2.21. The van der Waals surface area contributed by atoms with Crippen LogP contribution in [0.4, 0.5) is 0 Å². The predicted octanol–water partition coefficient (Wildman–Crippen LogP) is 7.12. The zero-order valence-electron chi connectivity index (χ0n) is 17.0. The van der Waals surface area contributed by atoms with Gasteiger partial charge in [0.2, 0.25) is 0 Å². The van der Waals surface area contributed by atoms with E-state index >= 15 is 0 Å². The molecule has 0 aromatic heterocycles. The second kappa shape index (κ2) is 8.48. The molecule has 5 heteroatoms. The van der Waals surface area contributed by atoms with Gasteiger partial charge in [-0.1, -0.05) is 41.4 Å². The van der Waals surface area contributed by atoms with E-state index in [1.165, 1.54) is 0 Å². The number of methoxy groups -OCH3 is 1. The number of carbonyl (C=O) groups excluding carboxylic acids is 1. The van der Waals surface area contributed by atoms with Crippen LogP contribution in [0, 0.1) is 27.7 Å². The Hall–Kier alpha value is -2.49. The molecule has 3 nitrogen and oxygen atoms in total. The summed E-state index contributed by atoms with van der Waals surface area (Å²) in [7, 11) is 1.63. The van der Waals surface area contributed by atoms with E-state index in [1.807, 2.05) is 45.9 Å². The number of rotatable bonds is 4. The van der Waals surface area contributed by atoms with Crippen LogP contribution in [0.1, 0.15) is 32.6 Å². The van der Waals surface area contributed by atoms with E-state index in [2.05, 4.69) is 0 Å². The minimum atomic E-state index is -0.602. The molecule has 150 valence electrons. The van der Waals surface area contributed by atoms with Crippen LogP contribution in [0.5, 0.6) is 11.5 Å². The Kier molecular flexibility index (Phi) is 6.21. The summed E-state index contributed by atoms with van der Waals surface area (Å²) in [5, 5.41) is 0.495. The fourth-order valence-electron chi connectivity index (χ4n) is 3.30. The van der Waals surface area contributed by atoms with Crippen LogP contribution >= 0.6 is 23.2 Å². The maximum Gasteiger partial charge on any atom is 0.346 e. The van der Waals surface area contributed by atoms with Crippen molar-refractivity contribution >= 4 is 29.2 Å². The number of hydrogen-bond donors (Lipinski definition) is 0. The third kappa shape index (κ3) is 3.98. The van der Waals surface area contributed by atoms with Gasteiger partial charge in [-0.05, 0) is 74.2 Å². The molecule has 0 atom stereocenters. The van der Waals surface area contributed by atoms with Gasteiger partial charge >= 0.3 is 5.97 Å². The maximum absolute atomic E-state index is 12.9. The van der Waals surface area contributed by atoms with E-state index in [-0.39, 0.29) is 15.6 Å². The average Bonchev–Trinajstić information content (AvgIpc) is 2.67. The van der Waals surface area contributed by atoms with Crippen molar-refractivity contribution in [2.45, 2.75) is 27.7 Å². The van der Waals surface area contributed by atoms with Crippen molar-refractivity contribution in [2.24, 2.45) is 0 Å². The van der Waals surface area contributed by atoms with Gasteiger partial charge in [0.1, 0.15) is 11.5 Å². The minimum absolute atomic E-state index is 0.146. The molecule has 0 bridgehead atoms.